The second kappa shape index (κ2) is 6.85. The molecule has 0 aliphatic rings. The molecule has 1 atom stereocenters. The maximum absolute atomic E-state index is 12.0. The molecule has 0 spiro atoms. The van der Waals surface area contributed by atoms with Crippen molar-refractivity contribution >= 4 is 29.0 Å². The van der Waals surface area contributed by atoms with Gasteiger partial charge in [0.2, 0.25) is 5.91 Å². The van der Waals surface area contributed by atoms with Gasteiger partial charge < -0.3 is 5.32 Å². The molecule has 106 valence electrons. The van der Waals surface area contributed by atoms with Gasteiger partial charge in [-0.25, -0.2) is 0 Å². The van der Waals surface area contributed by atoms with E-state index in [0.717, 1.165) is 14.9 Å². The molecule has 0 radical (unpaired) electrons. The Hall–Kier alpha value is -1.40. The van der Waals surface area contributed by atoms with E-state index in [-0.39, 0.29) is 11.2 Å². The van der Waals surface area contributed by atoms with Crippen LogP contribution in [-0.2, 0) is 11.3 Å². The van der Waals surface area contributed by atoms with Crippen molar-refractivity contribution in [1.82, 2.24) is 15.5 Å². The first kappa shape index (κ1) is 15.0. The van der Waals surface area contributed by atoms with E-state index in [2.05, 4.69) is 15.5 Å². The lowest BCUT2D eigenvalue weighted by atomic mass is 10.1. The summed E-state index contributed by atoms with van der Waals surface area (Å²) in [7, 11) is 0. The van der Waals surface area contributed by atoms with Gasteiger partial charge in [-0.3, -0.25) is 4.79 Å². The summed E-state index contributed by atoms with van der Waals surface area (Å²) in [5.41, 5.74) is 2.32. The van der Waals surface area contributed by atoms with Crippen LogP contribution in [0.25, 0.3) is 0 Å². The van der Waals surface area contributed by atoms with Crippen molar-refractivity contribution in [2.24, 2.45) is 0 Å². The highest BCUT2D eigenvalue weighted by molar-refractivity contribution is 8.02. The minimum absolute atomic E-state index is 0.0171. The van der Waals surface area contributed by atoms with E-state index in [0.29, 0.717) is 6.54 Å². The van der Waals surface area contributed by atoms with Crippen molar-refractivity contribution in [1.29, 1.82) is 0 Å². The maximum Gasteiger partial charge on any atom is 0.233 e. The summed E-state index contributed by atoms with van der Waals surface area (Å²) in [6, 6.07) is 8.15. The second-order valence-corrected chi connectivity index (χ2v) is 7.32. The minimum atomic E-state index is -0.173. The van der Waals surface area contributed by atoms with E-state index in [1.807, 2.05) is 45.0 Å². The van der Waals surface area contributed by atoms with Crippen LogP contribution < -0.4 is 5.32 Å². The topological polar surface area (TPSA) is 54.9 Å². The number of thioether (sulfide) groups is 1. The monoisotopic (exact) mass is 307 g/mol. The average molecular weight is 307 g/mol. The average Bonchev–Trinajstić information content (AvgIpc) is 2.83. The molecule has 20 heavy (non-hydrogen) atoms. The second-order valence-electron chi connectivity index (χ2n) is 4.55. The minimum Gasteiger partial charge on any atom is -0.351 e. The summed E-state index contributed by atoms with van der Waals surface area (Å²) in [6.45, 7) is 6.39. The highest BCUT2D eigenvalue weighted by Gasteiger charge is 2.16. The highest BCUT2D eigenvalue weighted by atomic mass is 32.2. The molecule has 1 aromatic carbocycles. The molecular formula is C14H17N3OS2. The first-order chi connectivity index (χ1) is 9.54. The fraction of sp³-hybridized carbons (Fsp3) is 0.357. The van der Waals surface area contributed by atoms with Crippen LogP contribution in [0, 0.1) is 13.8 Å². The lowest BCUT2D eigenvalue weighted by Gasteiger charge is -2.10. The zero-order valence-electron chi connectivity index (χ0n) is 11.7. The van der Waals surface area contributed by atoms with E-state index in [4.69, 9.17) is 0 Å². The van der Waals surface area contributed by atoms with Gasteiger partial charge in [0.1, 0.15) is 5.01 Å². The Balaban J connectivity index is 1.83. The van der Waals surface area contributed by atoms with Gasteiger partial charge in [-0.15, -0.1) is 10.2 Å². The Kier molecular flexibility index (Phi) is 5.14. The molecule has 0 saturated heterocycles. The predicted octanol–water partition coefficient (Wildman–Crippen LogP) is 2.95. The number of benzene rings is 1. The number of aromatic nitrogens is 2. The van der Waals surface area contributed by atoms with Gasteiger partial charge in [0, 0.05) is 6.54 Å². The fourth-order valence-corrected chi connectivity index (χ4v) is 3.55. The summed E-state index contributed by atoms with van der Waals surface area (Å²) in [4.78, 5) is 12.0. The number of nitrogens with zero attached hydrogens (tertiary/aromatic N) is 2. The van der Waals surface area contributed by atoms with E-state index in [1.165, 1.54) is 28.7 Å². The summed E-state index contributed by atoms with van der Waals surface area (Å²) < 4.78 is 0.834. The number of amides is 1. The van der Waals surface area contributed by atoms with Crippen LogP contribution >= 0.6 is 23.1 Å². The van der Waals surface area contributed by atoms with Gasteiger partial charge >= 0.3 is 0 Å². The molecule has 4 nitrogen and oxygen atoms in total. The number of rotatable bonds is 5. The van der Waals surface area contributed by atoms with E-state index < -0.39 is 0 Å². The summed E-state index contributed by atoms with van der Waals surface area (Å²) in [6.07, 6.45) is 0. The third-order valence-electron chi connectivity index (χ3n) is 2.74. The van der Waals surface area contributed by atoms with Gasteiger partial charge in [-0.05, 0) is 26.3 Å². The van der Waals surface area contributed by atoms with Crippen LogP contribution in [0.1, 0.15) is 23.1 Å². The van der Waals surface area contributed by atoms with Crippen LogP contribution in [0.5, 0.6) is 0 Å². The predicted molar refractivity (Wildman–Crippen MR) is 83.0 cm³/mol. The largest absolute Gasteiger partial charge is 0.351 e. The zero-order valence-corrected chi connectivity index (χ0v) is 13.3. The summed E-state index contributed by atoms with van der Waals surface area (Å²) >= 11 is 2.95. The van der Waals surface area contributed by atoms with Crippen LogP contribution in [0.2, 0.25) is 0 Å². The number of carbonyl (C=O) groups excluding carboxylic acids is 1. The molecule has 2 aromatic rings. The van der Waals surface area contributed by atoms with Gasteiger partial charge in [-0.2, -0.15) is 0 Å². The molecule has 0 saturated carbocycles. The summed E-state index contributed by atoms with van der Waals surface area (Å²) in [5, 5.41) is 11.6. The van der Waals surface area contributed by atoms with Gasteiger partial charge in [0.15, 0.2) is 4.34 Å². The zero-order chi connectivity index (χ0) is 14.5. The van der Waals surface area contributed by atoms with Gasteiger partial charge in [0.25, 0.3) is 0 Å². The molecule has 1 aromatic heterocycles. The first-order valence-electron chi connectivity index (χ1n) is 6.34. The molecule has 0 fully saturated rings. The Morgan fingerprint density at radius 3 is 2.60 bits per heavy atom. The maximum atomic E-state index is 12.0. The van der Waals surface area contributed by atoms with Crippen molar-refractivity contribution in [3.05, 3.63) is 40.4 Å². The van der Waals surface area contributed by atoms with Crippen LogP contribution in [0.4, 0.5) is 0 Å². The van der Waals surface area contributed by atoms with E-state index in [1.54, 1.807) is 0 Å². The SMILES string of the molecule is Cc1ccc(CNC(=O)[C@@H](C)Sc2nnc(C)s2)cc1. The van der Waals surface area contributed by atoms with Crippen molar-refractivity contribution < 1.29 is 4.79 Å². The quantitative estimate of drug-likeness (QED) is 0.863. The first-order valence-corrected chi connectivity index (χ1v) is 8.04. The number of hydrogen-bond donors (Lipinski definition) is 1. The molecule has 1 amide bonds. The number of carbonyl (C=O) groups is 1. The Bertz CT molecular complexity index is 580. The summed E-state index contributed by atoms with van der Waals surface area (Å²) in [5.74, 6) is 0.0171. The smallest absolute Gasteiger partial charge is 0.233 e. The molecular weight excluding hydrogens is 290 g/mol. The van der Waals surface area contributed by atoms with Crippen LogP contribution in [0.3, 0.4) is 0 Å². The van der Waals surface area contributed by atoms with E-state index in [9.17, 15) is 4.79 Å². The molecule has 0 aliphatic heterocycles. The lowest BCUT2D eigenvalue weighted by Crippen LogP contribution is -2.30. The lowest BCUT2D eigenvalue weighted by molar-refractivity contribution is -0.120. The van der Waals surface area contributed by atoms with Crippen molar-refractivity contribution in [3.63, 3.8) is 0 Å². The molecule has 0 unspecified atom stereocenters. The Labute approximate surface area is 127 Å². The van der Waals surface area contributed by atoms with Gasteiger partial charge in [-0.1, -0.05) is 52.9 Å². The van der Waals surface area contributed by atoms with Crippen LogP contribution in [0.15, 0.2) is 28.6 Å². The standard InChI is InChI=1S/C14H17N3OS2/c1-9-4-6-12(7-5-9)8-15-13(18)10(2)19-14-17-16-11(3)20-14/h4-7,10H,8H2,1-3H3,(H,15,18)/t10-/m1/s1. The fourth-order valence-electron chi connectivity index (χ4n) is 1.57. The normalized spacial score (nSPS) is 12.2. The molecule has 1 N–H and O–H groups in total. The van der Waals surface area contributed by atoms with Crippen molar-refractivity contribution in [3.8, 4) is 0 Å². The molecule has 0 aliphatic carbocycles. The molecule has 6 heteroatoms. The Morgan fingerprint density at radius 1 is 1.30 bits per heavy atom. The Morgan fingerprint density at radius 2 is 2.00 bits per heavy atom. The van der Waals surface area contributed by atoms with E-state index >= 15 is 0 Å². The highest BCUT2D eigenvalue weighted by Crippen LogP contribution is 2.26. The van der Waals surface area contributed by atoms with Crippen molar-refractivity contribution in [2.45, 2.75) is 36.9 Å². The third-order valence-corrected chi connectivity index (χ3v) is 4.76. The molecule has 0 bridgehead atoms. The molecule has 2 rings (SSSR count). The van der Waals surface area contributed by atoms with Gasteiger partial charge in [0.05, 0.1) is 5.25 Å². The number of nitrogens with one attached hydrogen (secondary N) is 1. The number of aryl methyl sites for hydroxylation is 2. The van der Waals surface area contributed by atoms with Crippen LogP contribution in [-0.4, -0.2) is 21.4 Å². The van der Waals surface area contributed by atoms with Crippen molar-refractivity contribution in [2.75, 3.05) is 0 Å². The molecule has 1 heterocycles. The number of hydrogen-bond acceptors (Lipinski definition) is 5. The third kappa shape index (κ3) is 4.31.